The first-order valence-corrected chi connectivity index (χ1v) is 5.76. The first-order valence-electron chi connectivity index (χ1n) is 5.76. The SMILES string of the molecule is C[C@@H]1CN(CC(=O)Nc2ncccn2)CCN1. The van der Waals surface area contributed by atoms with E-state index in [4.69, 9.17) is 0 Å². The van der Waals surface area contributed by atoms with Crippen molar-refractivity contribution in [3.8, 4) is 0 Å². The summed E-state index contributed by atoms with van der Waals surface area (Å²) in [7, 11) is 0. The van der Waals surface area contributed by atoms with Gasteiger partial charge in [-0.1, -0.05) is 0 Å². The molecule has 92 valence electrons. The minimum absolute atomic E-state index is 0.0645. The lowest BCUT2D eigenvalue weighted by molar-refractivity contribution is -0.117. The number of carbonyl (C=O) groups excluding carboxylic acids is 1. The Kier molecular flexibility index (Phi) is 4.00. The lowest BCUT2D eigenvalue weighted by atomic mass is 10.2. The summed E-state index contributed by atoms with van der Waals surface area (Å²) in [5.74, 6) is 0.297. The summed E-state index contributed by atoms with van der Waals surface area (Å²) in [4.78, 5) is 21.8. The van der Waals surface area contributed by atoms with E-state index in [2.05, 4.69) is 32.4 Å². The summed E-state index contributed by atoms with van der Waals surface area (Å²) in [6, 6.07) is 2.15. The van der Waals surface area contributed by atoms with Crippen LogP contribution in [0, 0.1) is 0 Å². The van der Waals surface area contributed by atoms with Crippen LogP contribution in [0.1, 0.15) is 6.92 Å². The Hall–Kier alpha value is -1.53. The number of amides is 1. The van der Waals surface area contributed by atoms with Crippen LogP contribution in [-0.4, -0.2) is 53.0 Å². The molecule has 0 bridgehead atoms. The molecule has 6 nitrogen and oxygen atoms in total. The molecule has 0 saturated carbocycles. The van der Waals surface area contributed by atoms with E-state index in [1.807, 2.05) is 0 Å². The summed E-state index contributed by atoms with van der Waals surface area (Å²) < 4.78 is 0. The van der Waals surface area contributed by atoms with E-state index in [0.29, 0.717) is 18.5 Å². The van der Waals surface area contributed by atoms with E-state index >= 15 is 0 Å². The van der Waals surface area contributed by atoms with Crippen LogP contribution in [0.25, 0.3) is 0 Å². The van der Waals surface area contributed by atoms with E-state index in [1.54, 1.807) is 18.5 Å². The van der Waals surface area contributed by atoms with E-state index < -0.39 is 0 Å². The minimum Gasteiger partial charge on any atom is -0.312 e. The molecule has 17 heavy (non-hydrogen) atoms. The predicted octanol–water partition coefficient (Wildman–Crippen LogP) is -0.291. The summed E-state index contributed by atoms with van der Waals surface area (Å²) >= 11 is 0. The van der Waals surface area contributed by atoms with Gasteiger partial charge in [-0.2, -0.15) is 0 Å². The molecule has 6 heteroatoms. The molecule has 1 amide bonds. The number of rotatable bonds is 3. The van der Waals surface area contributed by atoms with Crippen LogP contribution in [0.5, 0.6) is 0 Å². The van der Waals surface area contributed by atoms with Gasteiger partial charge in [-0.3, -0.25) is 15.0 Å². The number of nitrogens with one attached hydrogen (secondary N) is 2. The first-order chi connectivity index (χ1) is 8.24. The van der Waals surface area contributed by atoms with Gasteiger partial charge < -0.3 is 5.32 Å². The Labute approximate surface area is 100 Å². The molecule has 1 aromatic heterocycles. The zero-order chi connectivity index (χ0) is 12.1. The van der Waals surface area contributed by atoms with Crippen LogP contribution >= 0.6 is 0 Å². The molecular weight excluding hydrogens is 218 g/mol. The second-order valence-corrected chi connectivity index (χ2v) is 4.21. The Bertz CT molecular complexity index is 369. The van der Waals surface area contributed by atoms with Gasteiger partial charge in [0.1, 0.15) is 0 Å². The lowest BCUT2D eigenvalue weighted by Crippen LogP contribution is -2.51. The molecule has 1 aromatic rings. The van der Waals surface area contributed by atoms with Crippen molar-refractivity contribution in [1.29, 1.82) is 0 Å². The maximum Gasteiger partial charge on any atom is 0.240 e. The highest BCUT2D eigenvalue weighted by molar-refractivity contribution is 5.90. The second kappa shape index (κ2) is 5.70. The topological polar surface area (TPSA) is 70.2 Å². The molecule has 2 N–H and O–H groups in total. The molecule has 0 unspecified atom stereocenters. The molecule has 2 heterocycles. The van der Waals surface area contributed by atoms with Gasteiger partial charge in [0.2, 0.25) is 11.9 Å². The molecule has 1 aliphatic rings. The van der Waals surface area contributed by atoms with Crippen molar-refractivity contribution in [3.05, 3.63) is 18.5 Å². The number of piperazine rings is 1. The maximum atomic E-state index is 11.7. The van der Waals surface area contributed by atoms with Gasteiger partial charge in [-0.15, -0.1) is 0 Å². The van der Waals surface area contributed by atoms with Gasteiger partial charge in [0.05, 0.1) is 6.54 Å². The Morgan fingerprint density at radius 2 is 2.35 bits per heavy atom. The molecule has 0 spiro atoms. The van der Waals surface area contributed by atoms with Crippen molar-refractivity contribution in [2.75, 3.05) is 31.5 Å². The number of hydrogen-bond acceptors (Lipinski definition) is 5. The number of aromatic nitrogens is 2. The van der Waals surface area contributed by atoms with E-state index in [1.165, 1.54) is 0 Å². The third-order valence-electron chi connectivity index (χ3n) is 2.64. The van der Waals surface area contributed by atoms with Crippen LogP contribution in [-0.2, 0) is 4.79 Å². The number of nitrogens with zero attached hydrogens (tertiary/aromatic N) is 3. The molecule has 1 fully saturated rings. The van der Waals surface area contributed by atoms with Crippen molar-refractivity contribution in [2.45, 2.75) is 13.0 Å². The van der Waals surface area contributed by atoms with Crippen molar-refractivity contribution in [3.63, 3.8) is 0 Å². The minimum atomic E-state index is -0.0645. The van der Waals surface area contributed by atoms with Crippen LogP contribution in [0.2, 0.25) is 0 Å². The number of anilines is 1. The monoisotopic (exact) mass is 235 g/mol. The highest BCUT2D eigenvalue weighted by Crippen LogP contribution is 1.99. The number of carbonyl (C=O) groups is 1. The fourth-order valence-corrected chi connectivity index (χ4v) is 1.89. The zero-order valence-electron chi connectivity index (χ0n) is 9.89. The van der Waals surface area contributed by atoms with Gasteiger partial charge in [0.25, 0.3) is 0 Å². The van der Waals surface area contributed by atoms with Gasteiger partial charge in [0, 0.05) is 38.1 Å². The Morgan fingerprint density at radius 1 is 1.59 bits per heavy atom. The molecule has 1 atom stereocenters. The average Bonchev–Trinajstić information content (AvgIpc) is 2.30. The fourth-order valence-electron chi connectivity index (χ4n) is 1.89. The maximum absolute atomic E-state index is 11.7. The van der Waals surface area contributed by atoms with E-state index in [0.717, 1.165) is 19.6 Å². The zero-order valence-corrected chi connectivity index (χ0v) is 9.89. The van der Waals surface area contributed by atoms with Crippen molar-refractivity contribution >= 4 is 11.9 Å². The number of hydrogen-bond donors (Lipinski definition) is 2. The summed E-state index contributed by atoms with van der Waals surface area (Å²) in [6.07, 6.45) is 3.21. The van der Waals surface area contributed by atoms with Gasteiger partial charge in [0.15, 0.2) is 0 Å². The second-order valence-electron chi connectivity index (χ2n) is 4.21. The van der Waals surface area contributed by atoms with Crippen molar-refractivity contribution in [1.82, 2.24) is 20.2 Å². The van der Waals surface area contributed by atoms with Gasteiger partial charge in [-0.05, 0) is 13.0 Å². The highest BCUT2D eigenvalue weighted by Gasteiger charge is 2.18. The van der Waals surface area contributed by atoms with Crippen LogP contribution in [0.3, 0.4) is 0 Å². The molecule has 0 aromatic carbocycles. The lowest BCUT2D eigenvalue weighted by Gasteiger charge is -2.31. The summed E-state index contributed by atoms with van der Waals surface area (Å²) in [6.45, 7) is 5.22. The van der Waals surface area contributed by atoms with Crippen LogP contribution in [0.4, 0.5) is 5.95 Å². The quantitative estimate of drug-likeness (QED) is 0.753. The predicted molar refractivity (Wildman–Crippen MR) is 64.6 cm³/mol. The Morgan fingerprint density at radius 3 is 3.06 bits per heavy atom. The summed E-state index contributed by atoms with van der Waals surface area (Å²) in [5, 5.41) is 6.02. The first kappa shape index (κ1) is 11.9. The Balaban J connectivity index is 1.81. The van der Waals surface area contributed by atoms with Gasteiger partial charge in [-0.25, -0.2) is 9.97 Å². The molecule has 0 radical (unpaired) electrons. The van der Waals surface area contributed by atoms with Gasteiger partial charge >= 0.3 is 0 Å². The van der Waals surface area contributed by atoms with E-state index in [-0.39, 0.29) is 5.91 Å². The highest BCUT2D eigenvalue weighted by atomic mass is 16.2. The molecular formula is C11H17N5O. The third-order valence-corrected chi connectivity index (χ3v) is 2.64. The molecule has 1 aliphatic heterocycles. The molecule has 1 saturated heterocycles. The van der Waals surface area contributed by atoms with E-state index in [9.17, 15) is 4.79 Å². The fraction of sp³-hybridized carbons (Fsp3) is 0.545. The molecule has 2 rings (SSSR count). The summed E-state index contributed by atoms with van der Waals surface area (Å²) in [5.41, 5.74) is 0. The van der Waals surface area contributed by atoms with Crippen molar-refractivity contribution < 1.29 is 4.79 Å². The van der Waals surface area contributed by atoms with Crippen LogP contribution < -0.4 is 10.6 Å². The average molecular weight is 235 g/mol. The largest absolute Gasteiger partial charge is 0.312 e. The third kappa shape index (κ3) is 3.76. The molecule has 0 aliphatic carbocycles. The smallest absolute Gasteiger partial charge is 0.240 e. The normalized spacial score (nSPS) is 21.1. The van der Waals surface area contributed by atoms with Crippen molar-refractivity contribution in [2.24, 2.45) is 0 Å². The van der Waals surface area contributed by atoms with Crippen LogP contribution in [0.15, 0.2) is 18.5 Å². The standard InChI is InChI=1S/C11H17N5O/c1-9-7-16(6-5-12-9)8-10(17)15-11-13-3-2-4-14-11/h2-4,9,12H,5-8H2,1H3,(H,13,14,15,17)/t9-/m1/s1.